The third-order valence-corrected chi connectivity index (χ3v) is 9.11. The van der Waals surface area contributed by atoms with Crippen LogP contribution in [0.4, 0.5) is 11.4 Å². The highest BCUT2D eigenvalue weighted by Gasteiger charge is 2.35. The molecule has 0 aromatic heterocycles. The van der Waals surface area contributed by atoms with Gasteiger partial charge in [0.05, 0.1) is 18.3 Å². The predicted molar refractivity (Wildman–Crippen MR) is 173 cm³/mol. The van der Waals surface area contributed by atoms with Gasteiger partial charge in [-0.15, -0.1) is 0 Å². The van der Waals surface area contributed by atoms with Gasteiger partial charge in [-0.25, -0.2) is 8.42 Å². The molecule has 0 unspecified atom stereocenters. The molecule has 1 aliphatic rings. The third-order valence-electron chi connectivity index (χ3n) is 7.98. The van der Waals surface area contributed by atoms with E-state index in [1.165, 1.54) is 24.1 Å². The quantitative estimate of drug-likeness (QED) is 0.211. The normalized spacial score (nSPS) is 14.3. The molecule has 1 atom stereocenters. The Morgan fingerprint density at radius 3 is 2.31 bits per heavy atom. The molecule has 1 aliphatic carbocycles. The van der Waals surface area contributed by atoms with Gasteiger partial charge in [-0.3, -0.25) is 24.0 Å². The van der Waals surface area contributed by atoms with E-state index in [0.717, 1.165) is 65.4 Å². The van der Waals surface area contributed by atoms with E-state index in [4.69, 9.17) is 4.74 Å². The number of hydrogen-bond donors (Lipinski definition) is 1. The Kier molecular flexibility index (Phi) is 11.2. The summed E-state index contributed by atoms with van der Waals surface area (Å²) in [4.78, 5) is 40.8. The maximum atomic E-state index is 14.4. The number of ether oxygens (including phenoxy) is 1. The van der Waals surface area contributed by atoms with E-state index in [0.29, 0.717) is 0 Å². The van der Waals surface area contributed by atoms with Crippen molar-refractivity contribution in [1.82, 2.24) is 10.2 Å². The number of carbonyl (C=O) groups excluding carboxylic acids is 2. The molecule has 1 saturated carbocycles. The van der Waals surface area contributed by atoms with Gasteiger partial charge in [-0.2, -0.15) is 0 Å². The fraction of sp³-hybridized carbons (Fsp3) is 0.394. The van der Waals surface area contributed by atoms with Gasteiger partial charge < -0.3 is 15.0 Å². The Hall–Kier alpha value is -4.45. The lowest BCUT2D eigenvalue weighted by molar-refractivity contribution is -0.384. The molecule has 0 heterocycles. The summed E-state index contributed by atoms with van der Waals surface area (Å²) in [5.41, 5.74) is 2.06. The van der Waals surface area contributed by atoms with Crippen LogP contribution in [0.5, 0.6) is 5.75 Å². The highest BCUT2D eigenvalue weighted by atomic mass is 32.2. The number of carbonyl (C=O) groups is 2. The SMILES string of the molecule is COc1ccc([N+](=O)[O-])cc1N(CC(=O)N(Cc1cccc(C)c1)[C@@H](Cc1ccccc1)C(=O)NC1CCCCC1)S(C)(=O)=O. The topological polar surface area (TPSA) is 139 Å². The summed E-state index contributed by atoms with van der Waals surface area (Å²) in [6.07, 6.45) is 5.95. The van der Waals surface area contributed by atoms with Crippen LogP contribution in [-0.2, 0) is 32.6 Å². The average molecular weight is 637 g/mol. The highest BCUT2D eigenvalue weighted by Crippen LogP contribution is 2.34. The van der Waals surface area contributed by atoms with Gasteiger partial charge in [0, 0.05) is 31.1 Å². The molecule has 240 valence electrons. The number of amides is 2. The summed E-state index contributed by atoms with van der Waals surface area (Å²) in [6.45, 7) is 1.26. The summed E-state index contributed by atoms with van der Waals surface area (Å²) in [7, 11) is -2.84. The van der Waals surface area contributed by atoms with Crippen molar-refractivity contribution >= 4 is 33.2 Å². The zero-order chi connectivity index (χ0) is 32.6. The van der Waals surface area contributed by atoms with Crippen molar-refractivity contribution in [2.24, 2.45) is 0 Å². The summed E-state index contributed by atoms with van der Waals surface area (Å²) in [5, 5.41) is 14.7. The second-order valence-corrected chi connectivity index (χ2v) is 13.3. The second kappa shape index (κ2) is 15.0. The number of nitro benzene ring substituents is 1. The van der Waals surface area contributed by atoms with Crippen molar-refractivity contribution in [3.8, 4) is 5.75 Å². The fourth-order valence-corrected chi connectivity index (χ4v) is 6.53. The predicted octanol–water partition coefficient (Wildman–Crippen LogP) is 4.77. The van der Waals surface area contributed by atoms with Crippen LogP contribution in [0.15, 0.2) is 72.8 Å². The Balaban J connectivity index is 1.78. The van der Waals surface area contributed by atoms with Crippen molar-refractivity contribution in [3.05, 3.63) is 99.6 Å². The average Bonchev–Trinajstić information content (AvgIpc) is 3.01. The number of nitrogens with one attached hydrogen (secondary N) is 1. The zero-order valence-electron chi connectivity index (χ0n) is 25.8. The van der Waals surface area contributed by atoms with Crippen molar-refractivity contribution in [2.45, 2.75) is 64.1 Å². The summed E-state index contributed by atoms with van der Waals surface area (Å²) < 4.78 is 32.4. The zero-order valence-corrected chi connectivity index (χ0v) is 26.7. The van der Waals surface area contributed by atoms with E-state index in [9.17, 15) is 28.1 Å². The Morgan fingerprint density at radius 2 is 1.69 bits per heavy atom. The number of non-ortho nitro benzene ring substituents is 1. The molecule has 0 aliphatic heterocycles. The summed E-state index contributed by atoms with van der Waals surface area (Å²) in [6, 6.07) is 19.5. The van der Waals surface area contributed by atoms with Gasteiger partial charge >= 0.3 is 0 Å². The van der Waals surface area contributed by atoms with E-state index in [1.807, 2.05) is 61.5 Å². The number of anilines is 1. The van der Waals surface area contributed by atoms with Crippen LogP contribution in [0.2, 0.25) is 0 Å². The van der Waals surface area contributed by atoms with Crippen LogP contribution in [0.1, 0.15) is 48.8 Å². The standard InChI is InChI=1S/C33H40N4O7S/c1-24-11-10-14-26(19-24)22-35(30(20-25-12-6-4-7-13-25)33(39)34-27-15-8-5-9-16-27)32(38)23-36(45(3,42)43)29-21-28(37(40)41)17-18-31(29)44-2/h4,6-7,10-14,17-19,21,27,30H,5,8-9,15-16,20,22-23H2,1-3H3,(H,34,39)/t30-/m0/s1. The molecule has 0 bridgehead atoms. The van der Waals surface area contributed by atoms with Crippen molar-refractivity contribution in [3.63, 3.8) is 0 Å². The van der Waals surface area contributed by atoms with Crippen LogP contribution >= 0.6 is 0 Å². The largest absolute Gasteiger partial charge is 0.495 e. The first-order valence-corrected chi connectivity index (χ1v) is 16.8. The Bertz CT molecular complexity index is 1610. The first-order chi connectivity index (χ1) is 21.5. The van der Waals surface area contributed by atoms with E-state index >= 15 is 0 Å². The minimum Gasteiger partial charge on any atom is -0.495 e. The molecule has 12 heteroatoms. The molecule has 0 saturated heterocycles. The molecule has 1 N–H and O–H groups in total. The number of sulfonamides is 1. The number of hydrogen-bond acceptors (Lipinski definition) is 7. The molecule has 1 fully saturated rings. The number of nitrogens with zero attached hydrogens (tertiary/aromatic N) is 3. The van der Waals surface area contributed by atoms with Crippen LogP contribution in [0.3, 0.4) is 0 Å². The van der Waals surface area contributed by atoms with Gasteiger partial charge in [0.15, 0.2) is 0 Å². The first-order valence-electron chi connectivity index (χ1n) is 15.0. The van der Waals surface area contributed by atoms with E-state index in [1.54, 1.807) is 0 Å². The molecule has 3 aromatic carbocycles. The second-order valence-electron chi connectivity index (χ2n) is 11.4. The summed E-state index contributed by atoms with van der Waals surface area (Å²) in [5.74, 6) is -0.916. The molecular weight excluding hydrogens is 596 g/mol. The van der Waals surface area contributed by atoms with Crippen LogP contribution in [0.25, 0.3) is 0 Å². The molecule has 2 amide bonds. The number of benzene rings is 3. The highest BCUT2D eigenvalue weighted by molar-refractivity contribution is 7.92. The number of nitro groups is 1. The smallest absolute Gasteiger partial charge is 0.271 e. The Labute approximate surface area is 264 Å². The fourth-order valence-electron chi connectivity index (χ4n) is 5.69. The van der Waals surface area contributed by atoms with E-state index in [-0.39, 0.29) is 42.0 Å². The van der Waals surface area contributed by atoms with Gasteiger partial charge in [-0.1, -0.05) is 79.4 Å². The number of rotatable bonds is 13. The molecule has 45 heavy (non-hydrogen) atoms. The summed E-state index contributed by atoms with van der Waals surface area (Å²) >= 11 is 0. The van der Waals surface area contributed by atoms with Crippen LogP contribution < -0.4 is 14.4 Å². The molecular formula is C33H40N4O7S. The minimum absolute atomic E-state index is 0.0120. The van der Waals surface area contributed by atoms with Crippen molar-refractivity contribution < 1.29 is 27.7 Å². The van der Waals surface area contributed by atoms with Crippen LogP contribution in [0, 0.1) is 17.0 Å². The monoisotopic (exact) mass is 636 g/mol. The van der Waals surface area contributed by atoms with Gasteiger partial charge in [-0.05, 0) is 37.0 Å². The maximum Gasteiger partial charge on any atom is 0.271 e. The van der Waals surface area contributed by atoms with E-state index < -0.39 is 33.4 Å². The van der Waals surface area contributed by atoms with Crippen LogP contribution in [-0.4, -0.2) is 62.0 Å². The van der Waals surface area contributed by atoms with Gasteiger partial charge in [0.2, 0.25) is 21.8 Å². The third kappa shape index (κ3) is 9.04. The molecule has 3 aromatic rings. The lowest BCUT2D eigenvalue weighted by Crippen LogP contribution is -2.55. The molecule has 11 nitrogen and oxygen atoms in total. The lowest BCUT2D eigenvalue weighted by atomic mass is 9.94. The van der Waals surface area contributed by atoms with Crippen molar-refractivity contribution in [2.75, 3.05) is 24.2 Å². The van der Waals surface area contributed by atoms with Gasteiger partial charge in [0.25, 0.3) is 5.69 Å². The van der Waals surface area contributed by atoms with Gasteiger partial charge in [0.1, 0.15) is 24.0 Å². The minimum atomic E-state index is -4.15. The Morgan fingerprint density at radius 1 is 1.00 bits per heavy atom. The molecule has 0 spiro atoms. The number of methoxy groups -OCH3 is 1. The molecule has 4 rings (SSSR count). The maximum absolute atomic E-state index is 14.4. The first kappa shape index (κ1) is 33.4. The van der Waals surface area contributed by atoms with Crippen molar-refractivity contribution in [1.29, 1.82) is 0 Å². The van der Waals surface area contributed by atoms with E-state index in [2.05, 4.69) is 5.32 Å². The number of aryl methyl sites for hydroxylation is 1. The molecule has 0 radical (unpaired) electrons. The lowest BCUT2D eigenvalue weighted by Gasteiger charge is -2.35.